The van der Waals surface area contributed by atoms with E-state index in [1.807, 2.05) is 6.92 Å². The minimum absolute atomic E-state index is 0.0733. The predicted molar refractivity (Wildman–Crippen MR) is 80.6 cm³/mol. The maximum atomic E-state index is 11.9. The van der Waals surface area contributed by atoms with E-state index in [1.165, 1.54) is 11.0 Å². The molecule has 1 amide bonds. The van der Waals surface area contributed by atoms with Crippen LogP contribution in [0.15, 0.2) is 18.2 Å². The third kappa shape index (κ3) is 3.30. The van der Waals surface area contributed by atoms with E-state index in [1.54, 1.807) is 26.2 Å². The fraction of sp³-hybridized carbons (Fsp3) is 0.500. The monoisotopic (exact) mass is 292 g/mol. The number of nitrogens with zero attached hydrogens (tertiary/aromatic N) is 2. The summed E-state index contributed by atoms with van der Waals surface area (Å²) in [6, 6.07) is 4.55. The van der Waals surface area contributed by atoms with Gasteiger partial charge in [-0.2, -0.15) is 0 Å². The molecule has 2 rings (SSSR count). The quantitative estimate of drug-likeness (QED) is 0.648. The van der Waals surface area contributed by atoms with Crippen molar-refractivity contribution in [1.29, 1.82) is 0 Å². The SMILES string of the molecule is CN(C)C(=O)c1ccc(NC2(C)CCNC2)c([N+](=O)[O-])c1. The highest BCUT2D eigenvalue weighted by molar-refractivity contribution is 5.95. The maximum absolute atomic E-state index is 11.9. The van der Waals surface area contributed by atoms with Crippen LogP contribution in [-0.2, 0) is 0 Å². The molecule has 0 aromatic heterocycles. The van der Waals surface area contributed by atoms with Gasteiger partial charge in [-0.25, -0.2) is 0 Å². The molecular weight excluding hydrogens is 272 g/mol. The molecule has 0 saturated carbocycles. The highest BCUT2D eigenvalue weighted by Crippen LogP contribution is 2.30. The van der Waals surface area contributed by atoms with Gasteiger partial charge in [-0.05, 0) is 32.0 Å². The van der Waals surface area contributed by atoms with Gasteiger partial charge < -0.3 is 15.5 Å². The molecule has 7 nitrogen and oxygen atoms in total. The van der Waals surface area contributed by atoms with Crippen molar-refractivity contribution in [2.45, 2.75) is 18.9 Å². The average molecular weight is 292 g/mol. The molecule has 1 aromatic rings. The van der Waals surface area contributed by atoms with Gasteiger partial charge in [0.05, 0.1) is 4.92 Å². The van der Waals surface area contributed by atoms with Crippen molar-refractivity contribution in [2.75, 3.05) is 32.5 Å². The van der Waals surface area contributed by atoms with Crippen LogP contribution < -0.4 is 10.6 Å². The zero-order valence-electron chi connectivity index (χ0n) is 12.5. The lowest BCUT2D eigenvalue weighted by molar-refractivity contribution is -0.384. The topological polar surface area (TPSA) is 87.5 Å². The number of anilines is 1. The smallest absolute Gasteiger partial charge is 0.293 e. The highest BCUT2D eigenvalue weighted by atomic mass is 16.6. The molecule has 1 unspecified atom stereocenters. The second kappa shape index (κ2) is 5.69. The van der Waals surface area contributed by atoms with E-state index in [0.717, 1.165) is 19.5 Å². The number of carbonyl (C=O) groups is 1. The summed E-state index contributed by atoms with van der Waals surface area (Å²) < 4.78 is 0. The number of hydrogen-bond donors (Lipinski definition) is 2. The summed E-state index contributed by atoms with van der Waals surface area (Å²) in [6.45, 7) is 3.66. The van der Waals surface area contributed by atoms with Crippen molar-refractivity contribution < 1.29 is 9.72 Å². The lowest BCUT2D eigenvalue weighted by Gasteiger charge is -2.25. The van der Waals surface area contributed by atoms with Crippen molar-refractivity contribution >= 4 is 17.3 Å². The van der Waals surface area contributed by atoms with Crippen LogP contribution >= 0.6 is 0 Å². The fourth-order valence-electron chi connectivity index (χ4n) is 2.43. The summed E-state index contributed by atoms with van der Waals surface area (Å²) in [5.74, 6) is -0.251. The van der Waals surface area contributed by atoms with E-state index in [2.05, 4.69) is 10.6 Å². The van der Waals surface area contributed by atoms with E-state index < -0.39 is 4.92 Å². The average Bonchev–Trinajstić information content (AvgIpc) is 2.84. The van der Waals surface area contributed by atoms with Gasteiger partial charge in [0.25, 0.3) is 11.6 Å². The van der Waals surface area contributed by atoms with Crippen LogP contribution in [0.3, 0.4) is 0 Å². The molecule has 1 aromatic carbocycles. The van der Waals surface area contributed by atoms with Gasteiger partial charge >= 0.3 is 0 Å². The molecule has 21 heavy (non-hydrogen) atoms. The molecule has 7 heteroatoms. The van der Waals surface area contributed by atoms with Crippen molar-refractivity contribution in [3.63, 3.8) is 0 Å². The highest BCUT2D eigenvalue weighted by Gasteiger charge is 2.30. The minimum atomic E-state index is -0.458. The molecule has 0 bridgehead atoms. The molecule has 0 spiro atoms. The number of benzene rings is 1. The molecule has 114 valence electrons. The van der Waals surface area contributed by atoms with Gasteiger partial charge in [-0.3, -0.25) is 14.9 Å². The Kier molecular flexibility index (Phi) is 4.13. The molecule has 1 atom stereocenters. The van der Waals surface area contributed by atoms with Crippen LogP contribution in [0.1, 0.15) is 23.7 Å². The first-order valence-electron chi connectivity index (χ1n) is 6.81. The van der Waals surface area contributed by atoms with Gasteiger partial charge in [0.15, 0.2) is 0 Å². The summed E-state index contributed by atoms with van der Waals surface area (Å²) in [5, 5.41) is 17.7. The van der Waals surface area contributed by atoms with E-state index in [4.69, 9.17) is 0 Å². The first kappa shape index (κ1) is 15.2. The number of hydrogen-bond acceptors (Lipinski definition) is 5. The van der Waals surface area contributed by atoms with Crippen molar-refractivity contribution in [2.24, 2.45) is 0 Å². The second-order valence-electron chi connectivity index (χ2n) is 5.80. The molecule has 0 radical (unpaired) electrons. The second-order valence-corrected chi connectivity index (χ2v) is 5.80. The molecule has 1 fully saturated rings. The summed E-state index contributed by atoms with van der Waals surface area (Å²) >= 11 is 0. The Morgan fingerprint density at radius 3 is 2.71 bits per heavy atom. The number of carbonyl (C=O) groups excluding carboxylic acids is 1. The van der Waals surface area contributed by atoms with Crippen LogP contribution in [0.2, 0.25) is 0 Å². The molecular formula is C14H20N4O3. The third-order valence-electron chi connectivity index (χ3n) is 3.65. The molecule has 1 aliphatic heterocycles. The Bertz CT molecular complexity index is 565. The van der Waals surface area contributed by atoms with E-state index in [9.17, 15) is 14.9 Å². The Morgan fingerprint density at radius 1 is 1.48 bits per heavy atom. The van der Waals surface area contributed by atoms with Gasteiger partial charge in [0.1, 0.15) is 5.69 Å². The zero-order chi connectivity index (χ0) is 15.6. The van der Waals surface area contributed by atoms with Crippen molar-refractivity contribution in [3.05, 3.63) is 33.9 Å². The number of nitro benzene ring substituents is 1. The first-order valence-corrected chi connectivity index (χ1v) is 6.81. The third-order valence-corrected chi connectivity index (χ3v) is 3.65. The minimum Gasteiger partial charge on any atom is -0.373 e. The van der Waals surface area contributed by atoms with Crippen molar-refractivity contribution in [1.82, 2.24) is 10.2 Å². The van der Waals surface area contributed by atoms with Crippen LogP contribution in [0.4, 0.5) is 11.4 Å². The van der Waals surface area contributed by atoms with E-state index in [-0.39, 0.29) is 17.1 Å². The lowest BCUT2D eigenvalue weighted by atomic mass is 10.0. The molecule has 1 saturated heterocycles. The number of rotatable bonds is 4. The Balaban J connectivity index is 2.33. The fourth-order valence-corrected chi connectivity index (χ4v) is 2.43. The largest absolute Gasteiger partial charge is 0.373 e. The molecule has 2 N–H and O–H groups in total. The molecule has 0 aliphatic carbocycles. The standard InChI is InChI=1S/C14H20N4O3/c1-14(6-7-15-9-14)16-11-5-4-10(13(19)17(2)3)8-12(11)18(20)21/h4-5,8,15-16H,6-7,9H2,1-3H3. The molecule has 1 aliphatic rings. The Morgan fingerprint density at radius 2 is 2.19 bits per heavy atom. The van der Waals surface area contributed by atoms with E-state index in [0.29, 0.717) is 11.3 Å². The first-order chi connectivity index (χ1) is 9.82. The van der Waals surface area contributed by atoms with Crippen LogP contribution in [0.5, 0.6) is 0 Å². The zero-order valence-corrected chi connectivity index (χ0v) is 12.5. The number of nitrogens with one attached hydrogen (secondary N) is 2. The van der Waals surface area contributed by atoms with Crippen LogP contribution in [-0.4, -0.2) is 48.5 Å². The summed E-state index contributed by atoms with van der Waals surface area (Å²) in [5.41, 5.74) is 0.474. The Labute approximate surface area is 123 Å². The number of nitro groups is 1. The van der Waals surface area contributed by atoms with Gasteiger partial charge in [0, 0.05) is 37.8 Å². The van der Waals surface area contributed by atoms with Gasteiger partial charge in [-0.1, -0.05) is 0 Å². The predicted octanol–water partition coefficient (Wildman–Crippen LogP) is 1.46. The van der Waals surface area contributed by atoms with E-state index >= 15 is 0 Å². The van der Waals surface area contributed by atoms with Crippen molar-refractivity contribution in [3.8, 4) is 0 Å². The summed E-state index contributed by atoms with van der Waals surface area (Å²) in [6.07, 6.45) is 0.891. The summed E-state index contributed by atoms with van der Waals surface area (Å²) in [4.78, 5) is 24.1. The summed E-state index contributed by atoms with van der Waals surface area (Å²) in [7, 11) is 3.23. The van der Waals surface area contributed by atoms with Crippen LogP contribution in [0, 0.1) is 10.1 Å². The van der Waals surface area contributed by atoms with Crippen LogP contribution in [0.25, 0.3) is 0 Å². The molecule has 1 heterocycles. The van der Waals surface area contributed by atoms with Gasteiger partial charge in [-0.15, -0.1) is 0 Å². The van der Waals surface area contributed by atoms with Gasteiger partial charge in [0.2, 0.25) is 0 Å². The Hall–Kier alpha value is -2.15. The maximum Gasteiger partial charge on any atom is 0.293 e. The number of amides is 1. The lowest BCUT2D eigenvalue weighted by Crippen LogP contribution is -2.37. The normalized spacial score (nSPS) is 21.1.